The Morgan fingerprint density at radius 1 is 1.15 bits per heavy atom. The number of aromatic nitrogens is 1. The number of carbonyl (C=O) groups excluding carboxylic acids is 3. The van der Waals surface area contributed by atoms with Gasteiger partial charge in [0, 0.05) is 29.7 Å². The second kappa shape index (κ2) is 13.0. The summed E-state index contributed by atoms with van der Waals surface area (Å²) in [6.45, 7) is 5.06. The Morgan fingerprint density at radius 3 is 2.63 bits per heavy atom. The molecule has 2 aromatic rings. The summed E-state index contributed by atoms with van der Waals surface area (Å²) in [6.07, 6.45) is 4.94. The monoisotopic (exact) mass is 739 g/mol. The van der Waals surface area contributed by atoms with Gasteiger partial charge in [0.2, 0.25) is 21.8 Å². The molecule has 280 valence electrons. The maximum atomic E-state index is 16.6. The van der Waals surface area contributed by atoms with Crippen LogP contribution in [0.5, 0.6) is 5.75 Å². The smallest absolute Gasteiger partial charge is 0.405 e. The molecule has 0 bridgehead atoms. The maximum Gasteiger partial charge on any atom is 0.405 e. The van der Waals surface area contributed by atoms with Crippen molar-refractivity contribution in [1.29, 1.82) is 0 Å². The van der Waals surface area contributed by atoms with E-state index in [2.05, 4.69) is 20.3 Å². The van der Waals surface area contributed by atoms with E-state index in [-0.39, 0.29) is 38.0 Å². The summed E-state index contributed by atoms with van der Waals surface area (Å²) in [4.78, 5) is 60.4. The molecule has 6 atom stereocenters. The van der Waals surface area contributed by atoms with Gasteiger partial charge in [-0.1, -0.05) is 38.0 Å². The van der Waals surface area contributed by atoms with E-state index in [1.165, 1.54) is 4.90 Å². The van der Waals surface area contributed by atoms with Gasteiger partial charge in [0.15, 0.2) is 0 Å². The number of nitrogens with one attached hydrogen (secondary N) is 3. The van der Waals surface area contributed by atoms with Crippen LogP contribution in [0.25, 0.3) is 10.9 Å². The molecule has 1 spiro atoms. The first-order valence-electron chi connectivity index (χ1n) is 18.2. The van der Waals surface area contributed by atoms with Crippen molar-refractivity contribution in [1.82, 2.24) is 25.2 Å². The lowest BCUT2D eigenvalue weighted by Gasteiger charge is -2.38. The number of sulfonamides is 1. The van der Waals surface area contributed by atoms with E-state index in [1.54, 1.807) is 13.8 Å². The Hall–Kier alpha value is -4.27. The van der Waals surface area contributed by atoms with Crippen LogP contribution in [-0.2, 0) is 30.8 Å². The van der Waals surface area contributed by atoms with Crippen molar-refractivity contribution in [2.75, 3.05) is 6.54 Å². The summed E-state index contributed by atoms with van der Waals surface area (Å²) in [5.74, 6) is -2.49. The van der Waals surface area contributed by atoms with Gasteiger partial charge in [-0.3, -0.25) is 19.1 Å². The number of amides is 4. The van der Waals surface area contributed by atoms with Crippen LogP contribution in [0.1, 0.15) is 101 Å². The fraction of sp³-hybridized carbons (Fsp3) is 0.595. The number of pyridine rings is 1. The lowest BCUT2D eigenvalue weighted by atomic mass is 9.85. The summed E-state index contributed by atoms with van der Waals surface area (Å²) < 4.78 is 50.7. The zero-order valence-corrected chi connectivity index (χ0v) is 30.5. The first-order valence-corrected chi connectivity index (χ1v) is 19.7. The Kier molecular flexibility index (Phi) is 9.02. The van der Waals surface area contributed by atoms with Crippen LogP contribution >= 0.6 is 0 Å². The molecule has 4 N–H and O–H groups in total. The number of halogens is 1. The number of ether oxygens (including phenoxy) is 1. The molecule has 15 heteroatoms. The predicted octanol–water partition coefficient (Wildman–Crippen LogP) is 4.27. The minimum Gasteiger partial charge on any atom is -0.483 e. The second-order valence-electron chi connectivity index (χ2n) is 15.5. The molecule has 2 aliphatic carbocycles. The number of allylic oxidation sites excluding steroid dienone is 1. The third-order valence-electron chi connectivity index (χ3n) is 11.7. The highest BCUT2D eigenvalue weighted by molar-refractivity contribution is 7.91. The average Bonchev–Trinajstić information content (AvgIpc) is 3.98. The molecule has 1 unspecified atom stereocenters. The van der Waals surface area contributed by atoms with Crippen molar-refractivity contribution in [3.63, 3.8) is 0 Å². The van der Waals surface area contributed by atoms with E-state index in [1.807, 2.05) is 37.3 Å². The lowest BCUT2D eigenvalue weighted by Crippen LogP contribution is -2.58. The molecule has 3 aliphatic heterocycles. The van der Waals surface area contributed by atoms with Crippen molar-refractivity contribution in [2.24, 2.45) is 5.92 Å². The van der Waals surface area contributed by atoms with Crippen molar-refractivity contribution in [3.05, 3.63) is 47.2 Å². The Balaban J connectivity index is 1.25. The van der Waals surface area contributed by atoms with Crippen molar-refractivity contribution < 1.29 is 41.8 Å². The zero-order chi connectivity index (χ0) is 37.2. The number of hydrogen-bond donors (Lipinski definition) is 4. The third-order valence-corrected chi connectivity index (χ3v) is 13.9. The van der Waals surface area contributed by atoms with Gasteiger partial charge in [-0.2, -0.15) is 0 Å². The SMILES string of the molecule is CCc1ccc2nc(C)c3c(c2c1)C(F)C[C@]1(C[C@H]2C(=O)N[C@]4(C(=O)NS(=O)(=O)C5(C)CC5)C[C@H]4/C=C\CCCCC[C@H](NC(=O)O)C(=O)N2C1)O3. The van der Waals surface area contributed by atoms with Gasteiger partial charge in [0.1, 0.15) is 35.1 Å². The zero-order valence-electron chi connectivity index (χ0n) is 29.7. The van der Waals surface area contributed by atoms with Crippen LogP contribution in [0.15, 0.2) is 30.4 Å². The fourth-order valence-corrected chi connectivity index (χ4v) is 9.46. The fourth-order valence-electron chi connectivity index (χ4n) is 8.15. The second-order valence-corrected chi connectivity index (χ2v) is 17.7. The first kappa shape index (κ1) is 36.1. The molecule has 7 rings (SSSR count). The standard InChI is InChI=1S/C37H46FN5O8S/c1-4-22-12-13-26-24(16-22)29-25(38)18-36(51-30(29)21(2)39-26)19-28-31(44)41-37(33(46)42-52(49,50)35(3)14-15-35)17-23(37)10-8-6-5-7-9-11-27(40-34(47)48)32(45)43(28)20-36/h8,10,12-13,16,23,25,27-28,40H,4-7,9,11,14-15,17-20H2,1-3H3,(H,41,44)(H,42,46)(H,47,48)/b10-8-/t23-,25?,27+,28+,36-,37-/m1/s1. The molecule has 52 heavy (non-hydrogen) atoms. The molecule has 13 nitrogen and oxygen atoms in total. The van der Waals surface area contributed by atoms with Crippen LogP contribution in [0.3, 0.4) is 0 Å². The Labute approximate surface area is 302 Å². The minimum absolute atomic E-state index is 0.148. The predicted molar refractivity (Wildman–Crippen MR) is 189 cm³/mol. The molecule has 1 saturated heterocycles. The Bertz CT molecular complexity index is 1980. The highest BCUT2D eigenvalue weighted by Gasteiger charge is 2.64. The number of nitrogens with zero attached hydrogens (tertiary/aromatic N) is 2. The quantitative estimate of drug-likeness (QED) is 0.326. The first-order chi connectivity index (χ1) is 24.6. The van der Waals surface area contributed by atoms with Gasteiger partial charge in [0.25, 0.3) is 5.91 Å². The van der Waals surface area contributed by atoms with Crippen LogP contribution in [0.2, 0.25) is 0 Å². The van der Waals surface area contributed by atoms with E-state index < -0.39 is 73.9 Å². The lowest BCUT2D eigenvalue weighted by molar-refractivity contribution is -0.141. The number of alkyl halides is 1. The van der Waals surface area contributed by atoms with E-state index in [0.717, 1.165) is 18.4 Å². The normalized spacial score (nSPS) is 31.9. The van der Waals surface area contributed by atoms with E-state index in [4.69, 9.17) is 4.74 Å². The van der Waals surface area contributed by atoms with Crippen LogP contribution in [0.4, 0.5) is 9.18 Å². The number of fused-ring (bicyclic) bond motifs is 5. The molecule has 2 saturated carbocycles. The van der Waals surface area contributed by atoms with Gasteiger partial charge in [-0.15, -0.1) is 0 Å². The third kappa shape index (κ3) is 6.38. The molecule has 3 fully saturated rings. The van der Waals surface area contributed by atoms with Crippen molar-refractivity contribution in [3.8, 4) is 5.75 Å². The summed E-state index contributed by atoms with van der Waals surface area (Å²) >= 11 is 0. The van der Waals surface area contributed by atoms with Crippen LogP contribution in [0, 0.1) is 12.8 Å². The molecule has 4 amide bonds. The van der Waals surface area contributed by atoms with Gasteiger partial charge in [-0.05, 0) is 76.5 Å². The summed E-state index contributed by atoms with van der Waals surface area (Å²) in [7, 11) is -4.03. The number of benzene rings is 1. The number of rotatable bonds is 5. The Morgan fingerprint density at radius 2 is 1.92 bits per heavy atom. The number of aryl methyl sites for hydroxylation is 2. The number of carbonyl (C=O) groups is 4. The minimum atomic E-state index is -4.03. The van der Waals surface area contributed by atoms with Gasteiger partial charge < -0.3 is 25.4 Å². The van der Waals surface area contributed by atoms with Crippen molar-refractivity contribution >= 4 is 44.7 Å². The highest BCUT2D eigenvalue weighted by atomic mass is 32.2. The van der Waals surface area contributed by atoms with E-state index in [9.17, 15) is 32.7 Å². The summed E-state index contributed by atoms with van der Waals surface area (Å²) in [6, 6.07) is 3.24. The largest absolute Gasteiger partial charge is 0.483 e. The van der Waals surface area contributed by atoms with Gasteiger partial charge in [0.05, 0.1) is 22.5 Å². The molecule has 1 aromatic heterocycles. The van der Waals surface area contributed by atoms with Crippen molar-refractivity contribution in [2.45, 2.75) is 126 Å². The topological polar surface area (TPSA) is 184 Å². The van der Waals surface area contributed by atoms with E-state index >= 15 is 4.39 Å². The molecular formula is C37H46FN5O8S. The molecule has 1 aromatic carbocycles. The molecular weight excluding hydrogens is 693 g/mol. The molecule has 0 radical (unpaired) electrons. The number of carboxylic acid groups (broad SMARTS) is 1. The molecule has 5 aliphatic rings. The van der Waals surface area contributed by atoms with Crippen LogP contribution in [-0.4, -0.2) is 81.7 Å². The van der Waals surface area contributed by atoms with Gasteiger partial charge >= 0.3 is 6.09 Å². The number of hydrogen-bond acceptors (Lipinski definition) is 8. The highest BCUT2D eigenvalue weighted by Crippen LogP contribution is 2.51. The van der Waals surface area contributed by atoms with E-state index in [0.29, 0.717) is 54.3 Å². The summed E-state index contributed by atoms with van der Waals surface area (Å²) in [5, 5.41) is 15.4. The summed E-state index contributed by atoms with van der Waals surface area (Å²) in [5.41, 5.74) is -0.525. The maximum absolute atomic E-state index is 16.6. The van der Waals surface area contributed by atoms with Gasteiger partial charge in [-0.25, -0.2) is 22.6 Å². The average molecular weight is 740 g/mol. The van der Waals surface area contributed by atoms with Crippen LogP contribution < -0.4 is 20.1 Å². The molecule has 4 heterocycles.